The number of H-pyrrole nitrogens is 2. The van der Waals surface area contributed by atoms with Gasteiger partial charge in [-0.25, -0.2) is 9.79 Å². The summed E-state index contributed by atoms with van der Waals surface area (Å²) >= 11 is 4.69. The Bertz CT molecular complexity index is 617. The number of aromatic amines is 2. The van der Waals surface area contributed by atoms with Crippen molar-refractivity contribution in [1.82, 2.24) is 20.8 Å². The van der Waals surface area contributed by atoms with Gasteiger partial charge in [-0.05, 0) is 12.2 Å². The van der Waals surface area contributed by atoms with Crippen molar-refractivity contribution in [2.24, 2.45) is 4.99 Å². The molecule has 0 atom stereocenters. The number of hydrazine groups is 1. The number of aliphatic imine (C=N–C) groups is 1. The molecule has 1 amide bonds. The van der Waals surface area contributed by atoms with Crippen LogP contribution in [-0.4, -0.2) is 32.3 Å². The summed E-state index contributed by atoms with van der Waals surface area (Å²) < 4.78 is 0. The average Bonchev–Trinajstić information content (AvgIpc) is 2.24. The van der Waals surface area contributed by atoms with E-state index in [0.717, 1.165) is 6.21 Å². The molecule has 1 aromatic heterocycles. The summed E-state index contributed by atoms with van der Waals surface area (Å²) in [6, 6.07) is 0. The second-order valence-corrected chi connectivity index (χ2v) is 3.43. The molecular weight excluding hydrogens is 262 g/mol. The van der Waals surface area contributed by atoms with Crippen LogP contribution >= 0.6 is 12.2 Å². The Labute approximate surface area is 105 Å². The van der Waals surface area contributed by atoms with E-state index in [1.807, 2.05) is 9.97 Å². The summed E-state index contributed by atoms with van der Waals surface area (Å²) in [6.07, 6.45) is 0.946. The molecule has 9 nitrogen and oxygen atoms in total. The van der Waals surface area contributed by atoms with E-state index in [2.05, 4.69) is 15.8 Å². The second-order valence-electron chi connectivity index (χ2n) is 3.04. The van der Waals surface area contributed by atoms with E-state index in [4.69, 9.17) is 12.2 Å². The lowest BCUT2D eigenvalue weighted by atomic mass is 10.3. The number of aromatic nitrogens is 2. The molecule has 0 aliphatic rings. The molecule has 1 rings (SSSR count). The fraction of sp³-hybridized carbons (Fsp3) is 0.125. The quantitative estimate of drug-likeness (QED) is 0.230. The fourth-order valence-corrected chi connectivity index (χ4v) is 1.00. The van der Waals surface area contributed by atoms with Crippen LogP contribution in [0.5, 0.6) is 5.88 Å². The number of hydrogen-bond acceptors (Lipinski definition) is 5. The van der Waals surface area contributed by atoms with Gasteiger partial charge in [-0.15, -0.1) is 0 Å². The number of carbonyl (C=O) groups excluding carboxylic acids is 1. The Morgan fingerprint density at radius 3 is 2.61 bits per heavy atom. The van der Waals surface area contributed by atoms with Gasteiger partial charge in [0, 0.05) is 13.1 Å². The van der Waals surface area contributed by atoms with Crippen molar-refractivity contribution in [3.8, 4) is 5.88 Å². The molecular formula is C8H9N5O4S. The first-order chi connectivity index (χ1) is 8.40. The molecule has 0 unspecified atom stereocenters. The summed E-state index contributed by atoms with van der Waals surface area (Å²) in [4.78, 5) is 40.1. The van der Waals surface area contributed by atoms with E-state index in [-0.39, 0.29) is 16.6 Å². The minimum atomic E-state index is -0.839. The zero-order valence-electron chi connectivity index (χ0n) is 9.10. The molecule has 0 saturated heterocycles. The molecule has 1 heterocycles. The van der Waals surface area contributed by atoms with Crippen LogP contribution < -0.4 is 22.1 Å². The molecule has 0 aliphatic carbocycles. The molecule has 0 fully saturated rings. The van der Waals surface area contributed by atoms with Gasteiger partial charge in [-0.2, -0.15) is 0 Å². The highest BCUT2D eigenvalue weighted by atomic mass is 32.1. The molecule has 0 aromatic carbocycles. The van der Waals surface area contributed by atoms with Gasteiger partial charge in [0.15, 0.2) is 0 Å². The third-order valence-electron chi connectivity index (χ3n) is 1.62. The third kappa shape index (κ3) is 3.83. The zero-order valence-corrected chi connectivity index (χ0v) is 9.92. The van der Waals surface area contributed by atoms with E-state index >= 15 is 0 Å². The Morgan fingerprint density at radius 1 is 1.39 bits per heavy atom. The molecule has 0 saturated carbocycles. The van der Waals surface area contributed by atoms with Crippen LogP contribution in [0, 0.1) is 0 Å². The molecule has 18 heavy (non-hydrogen) atoms. The highest BCUT2D eigenvalue weighted by Crippen LogP contribution is 2.00. The van der Waals surface area contributed by atoms with Crippen LogP contribution in [0.15, 0.2) is 14.6 Å². The van der Waals surface area contributed by atoms with Gasteiger partial charge in [0.25, 0.3) is 5.56 Å². The van der Waals surface area contributed by atoms with Crippen molar-refractivity contribution in [2.75, 3.05) is 0 Å². The van der Waals surface area contributed by atoms with Gasteiger partial charge in [0.2, 0.25) is 16.9 Å². The van der Waals surface area contributed by atoms with Crippen LogP contribution in [0.1, 0.15) is 12.5 Å². The Balaban J connectivity index is 2.85. The predicted molar refractivity (Wildman–Crippen MR) is 66.5 cm³/mol. The maximum atomic E-state index is 11.3. The van der Waals surface area contributed by atoms with Crippen molar-refractivity contribution in [3.63, 3.8) is 0 Å². The highest BCUT2D eigenvalue weighted by Gasteiger charge is 2.05. The molecule has 0 radical (unpaired) electrons. The number of nitrogens with one attached hydrogen (secondary N) is 4. The SMILES string of the molecule is CC(=O)NNC(=S)/N=C/c1c(O)[nH]c(=O)[nH]c1=O. The Hall–Kier alpha value is -2.49. The Morgan fingerprint density at radius 2 is 2.06 bits per heavy atom. The second kappa shape index (κ2) is 5.72. The van der Waals surface area contributed by atoms with Crippen molar-refractivity contribution in [1.29, 1.82) is 0 Å². The smallest absolute Gasteiger partial charge is 0.328 e. The van der Waals surface area contributed by atoms with Crippen LogP contribution in [0.2, 0.25) is 0 Å². The van der Waals surface area contributed by atoms with Crippen LogP contribution in [0.25, 0.3) is 0 Å². The number of nitrogens with zero attached hydrogens (tertiary/aromatic N) is 1. The third-order valence-corrected chi connectivity index (χ3v) is 1.82. The van der Waals surface area contributed by atoms with Gasteiger partial charge in [-0.1, -0.05) is 0 Å². The van der Waals surface area contributed by atoms with Crippen LogP contribution in [0.4, 0.5) is 0 Å². The highest BCUT2D eigenvalue weighted by molar-refractivity contribution is 7.80. The first kappa shape index (κ1) is 13.6. The molecule has 10 heteroatoms. The van der Waals surface area contributed by atoms with E-state index in [0.29, 0.717) is 0 Å². The maximum absolute atomic E-state index is 11.3. The van der Waals surface area contributed by atoms with Crippen molar-refractivity contribution in [2.45, 2.75) is 6.92 Å². The normalized spacial score (nSPS) is 10.3. The van der Waals surface area contributed by atoms with Crippen LogP contribution in [0.3, 0.4) is 0 Å². The first-order valence-corrected chi connectivity index (χ1v) is 4.97. The van der Waals surface area contributed by atoms with Crippen LogP contribution in [-0.2, 0) is 4.79 Å². The summed E-state index contributed by atoms with van der Waals surface area (Å²) in [7, 11) is 0. The summed E-state index contributed by atoms with van der Waals surface area (Å²) in [5.74, 6) is -1.01. The van der Waals surface area contributed by atoms with Gasteiger partial charge in [-0.3, -0.25) is 30.4 Å². The molecule has 96 valence electrons. The Kier molecular flexibility index (Phi) is 4.32. The lowest BCUT2D eigenvalue weighted by Gasteiger charge is -2.02. The standard InChI is InChI=1S/C8H9N5O4S/c1-3(14)12-13-8(18)9-2-4-5(15)10-7(17)11-6(4)16/h2H,1H3,(H,12,14)(H,13,18)(H3,10,11,15,16,17)/b9-2+. The molecule has 0 bridgehead atoms. The fourth-order valence-electron chi connectivity index (χ4n) is 0.901. The lowest BCUT2D eigenvalue weighted by Crippen LogP contribution is -2.38. The summed E-state index contributed by atoms with van der Waals surface area (Å²) in [5, 5.41) is 9.17. The predicted octanol–water partition coefficient (Wildman–Crippen LogP) is -1.89. The number of amides is 1. The largest absolute Gasteiger partial charge is 0.494 e. The van der Waals surface area contributed by atoms with E-state index in [9.17, 15) is 19.5 Å². The summed E-state index contributed by atoms with van der Waals surface area (Å²) in [5.41, 5.74) is 2.52. The average molecular weight is 271 g/mol. The van der Waals surface area contributed by atoms with E-state index < -0.39 is 17.1 Å². The lowest BCUT2D eigenvalue weighted by molar-refractivity contribution is -0.119. The zero-order chi connectivity index (χ0) is 13.7. The number of thiocarbonyl (C=S) groups is 1. The molecule has 0 aliphatic heterocycles. The van der Waals surface area contributed by atoms with Crippen molar-refractivity contribution >= 4 is 29.5 Å². The van der Waals surface area contributed by atoms with Gasteiger partial charge in [0.1, 0.15) is 5.56 Å². The van der Waals surface area contributed by atoms with Gasteiger partial charge in [0.05, 0.1) is 0 Å². The monoisotopic (exact) mass is 271 g/mol. The van der Waals surface area contributed by atoms with Gasteiger partial charge >= 0.3 is 5.69 Å². The molecule has 0 spiro atoms. The van der Waals surface area contributed by atoms with Gasteiger partial charge < -0.3 is 5.11 Å². The van der Waals surface area contributed by atoms with Crippen molar-refractivity contribution in [3.05, 3.63) is 26.4 Å². The first-order valence-electron chi connectivity index (χ1n) is 4.56. The number of aromatic hydroxyl groups is 1. The van der Waals surface area contributed by atoms with E-state index in [1.54, 1.807) is 0 Å². The molecule has 1 aromatic rings. The molecule has 5 N–H and O–H groups in total. The summed E-state index contributed by atoms with van der Waals surface area (Å²) in [6.45, 7) is 1.26. The minimum absolute atomic E-state index is 0.129. The minimum Gasteiger partial charge on any atom is -0.494 e. The number of carbonyl (C=O) groups is 1. The number of rotatable bonds is 1. The van der Waals surface area contributed by atoms with Crippen molar-refractivity contribution < 1.29 is 9.90 Å². The maximum Gasteiger partial charge on any atom is 0.328 e. The number of hydrogen-bond donors (Lipinski definition) is 5. The van der Waals surface area contributed by atoms with E-state index in [1.165, 1.54) is 6.92 Å². The topological polar surface area (TPSA) is 139 Å².